The van der Waals surface area contributed by atoms with Crippen LogP contribution < -0.4 is 5.32 Å². The maximum absolute atomic E-state index is 12.0. The van der Waals surface area contributed by atoms with Crippen molar-refractivity contribution in [2.45, 2.75) is 46.2 Å². The molecule has 0 saturated carbocycles. The molecule has 1 unspecified atom stereocenters. The Balaban J connectivity index is 2.35. The minimum atomic E-state index is -0.0271. The first-order chi connectivity index (χ1) is 8.88. The van der Waals surface area contributed by atoms with E-state index in [-0.39, 0.29) is 12.1 Å². The monoisotopic (exact) mass is 302 g/mol. The van der Waals surface area contributed by atoms with Crippen molar-refractivity contribution >= 4 is 29.0 Å². The summed E-state index contributed by atoms with van der Waals surface area (Å²) >= 11 is 7.39. The molecule has 3 nitrogen and oxygen atoms in total. The molecule has 1 heterocycles. The van der Waals surface area contributed by atoms with E-state index < -0.39 is 0 Å². The fourth-order valence-electron chi connectivity index (χ4n) is 1.72. The summed E-state index contributed by atoms with van der Waals surface area (Å²) in [6, 6.07) is 4.00. The summed E-state index contributed by atoms with van der Waals surface area (Å²) in [6.45, 7) is 7.04. The zero-order chi connectivity index (χ0) is 14.4. The fourth-order valence-corrected chi connectivity index (χ4v) is 2.86. The molecule has 108 valence electrons. The minimum absolute atomic E-state index is 0.0271. The summed E-state index contributed by atoms with van der Waals surface area (Å²) in [5.41, 5.74) is 0. The smallest absolute Gasteiger partial charge is 0.317 e. The van der Waals surface area contributed by atoms with Crippen LogP contribution in [0.4, 0.5) is 4.79 Å². The highest BCUT2D eigenvalue weighted by Crippen LogP contribution is 2.22. The molecule has 0 aliphatic carbocycles. The maximum atomic E-state index is 12.0. The maximum Gasteiger partial charge on any atom is 0.317 e. The Bertz CT molecular complexity index is 406. The van der Waals surface area contributed by atoms with Gasteiger partial charge in [-0.1, -0.05) is 25.4 Å². The van der Waals surface area contributed by atoms with E-state index in [2.05, 4.69) is 26.1 Å². The van der Waals surface area contributed by atoms with Crippen molar-refractivity contribution in [3.8, 4) is 0 Å². The molecule has 0 aliphatic rings. The highest BCUT2D eigenvalue weighted by Gasteiger charge is 2.13. The highest BCUT2D eigenvalue weighted by atomic mass is 35.5. The van der Waals surface area contributed by atoms with E-state index in [1.165, 1.54) is 11.3 Å². The van der Waals surface area contributed by atoms with E-state index in [1.54, 1.807) is 11.9 Å². The van der Waals surface area contributed by atoms with Crippen LogP contribution in [0.5, 0.6) is 0 Å². The Hall–Kier alpha value is -0.740. The summed E-state index contributed by atoms with van der Waals surface area (Å²) in [7, 11) is 1.80. The van der Waals surface area contributed by atoms with Crippen molar-refractivity contribution < 1.29 is 4.79 Å². The third-order valence-corrected chi connectivity index (χ3v) is 4.13. The lowest BCUT2D eigenvalue weighted by molar-refractivity contribution is 0.202. The van der Waals surface area contributed by atoms with Gasteiger partial charge < -0.3 is 10.2 Å². The van der Waals surface area contributed by atoms with E-state index in [9.17, 15) is 4.79 Å². The standard InChI is InChI=1S/C14H23ClN2OS/c1-10(2)5-6-11(3)16-14(18)17(4)9-12-7-8-13(15)19-12/h7-8,10-11H,5-6,9H2,1-4H3,(H,16,18). The van der Waals surface area contributed by atoms with Gasteiger partial charge in [0.15, 0.2) is 0 Å². The minimum Gasteiger partial charge on any atom is -0.336 e. The van der Waals surface area contributed by atoms with Crippen LogP contribution in [0.3, 0.4) is 0 Å². The molecule has 0 saturated heterocycles. The molecule has 0 bridgehead atoms. The molecule has 1 N–H and O–H groups in total. The lowest BCUT2D eigenvalue weighted by Crippen LogP contribution is -2.41. The van der Waals surface area contributed by atoms with Crippen LogP contribution in [0, 0.1) is 5.92 Å². The number of carbonyl (C=O) groups is 1. The molecular formula is C14H23ClN2OS. The average Bonchev–Trinajstić information content (AvgIpc) is 2.72. The third kappa shape index (κ3) is 6.30. The summed E-state index contributed by atoms with van der Waals surface area (Å²) in [5, 5.41) is 3.02. The molecule has 0 spiro atoms. The van der Waals surface area contributed by atoms with Gasteiger partial charge in [-0.2, -0.15) is 0 Å². The van der Waals surface area contributed by atoms with Crippen molar-refractivity contribution in [3.63, 3.8) is 0 Å². The van der Waals surface area contributed by atoms with E-state index >= 15 is 0 Å². The number of amides is 2. The van der Waals surface area contributed by atoms with Crippen molar-refractivity contribution in [3.05, 3.63) is 21.3 Å². The van der Waals surface area contributed by atoms with Crippen LogP contribution in [0.25, 0.3) is 0 Å². The first kappa shape index (κ1) is 16.3. The summed E-state index contributed by atoms with van der Waals surface area (Å²) in [6.07, 6.45) is 2.15. The van der Waals surface area contributed by atoms with Crippen molar-refractivity contribution in [1.82, 2.24) is 10.2 Å². The second kappa shape index (κ2) is 7.75. The normalized spacial score (nSPS) is 12.5. The van der Waals surface area contributed by atoms with E-state index in [4.69, 9.17) is 11.6 Å². The molecule has 1 atom stereocenters. The summed E-state index contributed by atoms with van der Waals surface area (Å²) < 4.78 is 0.758. The average molecular weight is 303 g/mol. The largest absolute Gasteiger partial charge is 0.336 e. The van der Waals surface area contributed by atoms with Gasteiger partial charge >= 0.3 is 6.03 Å². The predicted molar refractivity (Wildman–Crippen MR) is 82.9 cm³/mol. The number of rotatable bonds is 6. The summed E-state index contributed by atoms with van der Waals surface area (Å²) in [5.74, 6) is 0.672. The van der Waals surface area contributed by atoms with Gasteiger partial charge in [0.2, 0.25) is 0 Å². The van der Waals surface area contributed by atoms with Crippen LogP contribution >= 0.6 is 22.9 Å². The molecule has 1 rings (SSSR count). The van der Waals surface area contributed by atoms with Gasteiger partial charge in [-0.3, -0.25) is 0 Å². The van der Waals surface area contributed by atoms with Crippen molar-refractivity contribution in [2.75, 3.05) is 7.05 Å². The van der Waals surface area contributed by atoms with Gasteiger partial charge in [-0.05, 0) is 37.8 Å². The number of hydrogen-bond acceptors (Lipinski definition) is 2. The molecule has 0 aliphatic heterocycles. The Morgan fingerprint density at radius 1 is 1.37 bits per heavy atom. The van der Waals surface area contributed by atoms with Crippen LogP contribution in [0.15, 0.2) is 12.1 Å². The molecule has 19 heavy (non-hydrogen) atoms. The van der Waals surface area contributed by atoms with Gasteiger partial charge in [-0.25, -0.2) is 4.79 Å². The molecule has 1 aromatic heterocycles. The van der Waals surface area contributed by atoms with Crippen LogP contribution in [-0.4, -0.2) is 24.0 Å². The van der Waals surface area contributed by atoms with Crippen LogP contribution in [0.2, 0.25) is 4.34 Å². The van der Waals surface area contributed by atoms with E-state index in [1.807, 2.05) is 12.1 Å². The topological polar surface area (TPSA) is 32.3 Å². The van der Waals surface area contributed by atoms with E-state index in [0.29, 0.717) is 12.5 Å². The molecule has 0 aromatic carbocycles. The molecular weight excluding hydrogens is 280 g/mol. The number of carbonyl (C=O) groups excluding carboxylic acids is 1. The second-order valence-corrected chi connectivity index (χ2v) is 7.18. The third-order valence-electron chi connectivity index (χ3n) is 2.92. The molecule has 0 fully saturated rings. The molecule has 5 heteroatoms. The van der Waals surface area contributed by atoms with Crippen molar-refractivity contribution in [2.24, 2.45) is 5.92 Å². The number of nitrogens with one attached hydrogen (secondary N) is 1. The zero-order valence-electron chi connectivity index (χ0n) is 12.1. The lowest BCUT2D eigenvalue weighted by atomic mass is 10.0. The first-order valence-electron chi connectivity index (χ1n) is 6.64. The molecule has 1 aromatic rings. The Labute approximate surface area is 124 Å². The number of thiophene rings is 1. The Kier molecular flexibility index (Phi) is 6.66. The summed E-state index contributed by atoms with van der Waals surface area (Å²) in [4.78, 5) is 14.8. The predicted octanol–water partition coefficient (Wildman–Crippen LogP) is 4.37. The molecule has 2 amide bonds. The number of hydrogen-bond donors (Lipinski definition) is 1. The molecule has 0 radical (unpaired) electrons. The lowest BCUT2D eigenvalue weighted by Gasteiger charge is -2.21. The number of nitrogens with zero attached hydrogens (tertiary/aromatic N) is 1. The van der Waals surface area contributed by atoms with Crippen LogP contribution in [-0.2, 0) is 6.54 Å². The quantitative estimate of drug-likeness (QED) is 0.831. The Morgan fingerprint density at radius 3 is 2.58 bits per heavy atom. The SMILES string of the molecule is CC(C)CCC(C)NC(=O)N(C)Cc1ccc(Cl)s1. The Morgan fingerprint density at radius 2 is 2.05 bits per heavy atom. The fraction of sp³-hybridized carbons (Fsp3) is 0.643. The van der Waals surface area contributed by atoms with Gasteiger partial charge in [0, 0.05) is 18.0 Å². The highest BCUT2D eigenvalue weighted by molar-refractivity contribution is 7.16. The number of halogens is 1. The van der Waals surface area contributed by atoms with Gasteiger partial charge in [0.25, 0.3) is 0 Å². The first-order valence-corrected chi connectivity index (χ1v) is 7.83. The zero-order valence-corrected chi connectivity index (χ0v) is 13.6. The van der Waals surface area contributed by atoms with Crippen molar-refractivity contribution in [1.29, 1.82) is 0 Å². The number of urea groups is 1. The van der Waals surface area contributed by atoms with Gasteiger partial charge in [0.05, 0.1) is 10.9 Å². The van der Waals surface area contributed by atoms with Gasteiger partial charge in [0.1, 0.15) is 0 Å². The second-order valence-electron chi connectivity index (χ2n) is 5.38. The van der Waals surface area contributed by atoms with E-state index in [0.717, 1.165) is 22.1 Å². The van der Waals surface area contributed by atoms with Crippen LogP contribution in [0.1, 0.15) is 38.5 Å². The van der Waals surface area contributed by atoms with Gasteiger partial charge in [-0.15, -0.1) is 11.3 Å².